The summed E-state index contributed by atoms with van der Waals surface area (Å²) in [7, 11) is 2.32. The van der Waals surface area contributed by atoms with Crippen LogP contribution < -0.4 is 0 Å². The molecule has 14 heavy (non-hydrogen) atoms. The predicted octanol–water partition coefficient (Wildman–Crippen LogP) is 3.42. The highest BCUT2D eigenvalue weighted by atomic mass is 79.9. The molecule has 2 fully saturated rings. The first-order chi connectivity index (χ1) is 6.77. The summed E-state index contributed by atoms with van der Waals surface area (Å²) in [5.41, 5.74) is 0. The van der Waals surface area contributed by atoms with Crippen LogP contribution in [0, 0.1) is 5.92 Å². The van der Waals surface area contributed by atoms with E-state index < -0.39 is 0 Å². The van der Waals surface area contributed by atoms with Gasteiger partial charge in [-0.25, -0.2) is 0 Å². The largest absolute Gasteiger partial charge is 0.302 e. The molecule has 0 aromatic rings. The van der Waals surface area contributed by atoms with Crippen molar-refractivity contribution in [1.82, 2.24) is 4.90 Å². The standard InChI is InChI=1S/C12H22BrN/c1-14(9-10-5-4-6-10)12-8-3-2-7-11(12)13/h10-12H,2-9H2,1H3. The first-order valence-electron chi connectivity index (χ1n) is 6.11. The van der Waals surface area contributed by atoms with Crippen molar-refractivity contribution in [2.24, 2.45) is 5.92 Å². The topological polar surface area (TPSA) is 3.24 Å². The Kier molecular flexibility index (Phi) is 3.89. The zero-order valence-electron chi connectivity index (χ0n) is 9.21. The van der Waals surface area contributed by atoms with E-state index in [0.717, 1.165) is 16.8 Å². The molecule has 0 spiro atoms. The molecule has 0 aromatic heterocycles. The molecule has 0 heterocycles. The average Bonchev–Trinajstić information content (AvgIpc) is 2.12. The van der Waals surface area contributed by atoms with Gasteiger partial charge in [0.2, 0.25) is 0 Å². The third-order valence-corrected chi connectivity index (χ3v) is 5.05. The molecule has 1 nitrogen and oxygen atoms in total. The molecule has 0 saturated heterocycles. The number of halogens is 1. The van der Waals surface area contributed by atoms with Gasteiger partial charge in [0.05, 0.1) is 0 Å². The predicted molar refractivity (Wildman–Crippen MR) is 64.9 cm³/mol. The molecule has 2 atom stereocenters. The normalized spacial score (nSPS) is 34.5. The minimum atomic E-state index is 0.751. The molecule has 0 bridgehead atoms. The van der Waals surface area contributed by atoms with Crippen LogP contribution in [0.15, 0.2) is 0 Å². The molecule has 0 N–H and O–H groups in total. The Bertz CT molecular complexity index is 179. The lowest BCUT2D eigenvalue weighted by Crippen LogP contribution is -2.43. The Morgan fingerprint density at radius 2 is 1.79 bits per heavy atom. The number of nitrogens with zero attached hydrogens (tertiary/aromatic N) is 1. The third kappa shape index (κ3) is 2.52. The summed E-state index contributed by atoms with van der Waals surface area (Å²) < 4.78 is 0. The quantitative estimate of drug-likeness (QED) is 0.703. The van der Waals surface area contributed by atoms with Crippen molar-refractivity contribution in [2.75, 3.05) is 13.6 Å². The summed E-state index contributed by atoms with van der Waals surface area (Å²) in [6.45, 7) is 1.34. The lowest BCUT2D eigenvalue weighted by Gasteiger charge is -2.39. The summed E-state index contributed by atoms with van der Waals surface area (Å²) in [6, 6.07) is 0.810. The van der Waals surface area contributed by atoms with E-state index in [9.17, 15) is 0 Å². The van der Waals surface area contributed by atoms with E-state index in [-0.39, 0.29) is 0 Å². The number of hydrogen-bond acceptors (Lipinski definition) is 1. The Hall–Kier alpha value is 0.440. The van der Waals surface area contributed by atoms with Gasteiger partial charge in [-0.2, -0.15) is 0 Å². The van der Waals surface area contributed by atoms with Gasteiger partial charge in [-0.1, -0.05) is 35.2 Å². The van der Waals surface area contributed by atoms with E-state index in [1.165, 1.54) is 51.5 Å². The zero-order chi connectivity index (χ0) is 9.97. The van der Waals surface area contributed by atoms with E-state index in [0.29, 0.717) is 0 Å². The monoisotopic (exact) mass is 259 g/mol. The zero-order valence-corrected chi connectivity index (χ0v) is 10.8. The average molecular weight is 260 g/mol. The highest BCUT2D eigenvalue weighted by molar-refractivity contribution is 9.09. The van der Waals surface area contributed by atoms with Crippen LogP contribution >= 0.6 is 15.9 Å². The molecule has 82 valence electrons. The van der Waals surface area contributed by atoms with Crippen LogP contribution in [-0.2, 0) is 0 Å². The second-order valence-corrected chi connectivity index (χ2v) is 6.28. The van der Waals surface area contributed by atoms with Gasteiger partial charge in [-0.05, 0) is 38.6 Å². The summed E-state index contributed by atoms with van der Waals surface area (Å²) in [6.07, 6.45) is 10.1. The molecule has 2 unspecified atom stereocenters. The van der Waals surface area contributed by atoms with Crippen LogP contribution in [0.25, 0.3) is 0 Å². The fraction of sp³-hybridized carbons (Fsp3) is 1.00. The van der Waals surface area contributed by atoms with Crippen molar-refractivity contribution in [2.45, 2.75) is 55.8 Å². The van der Waals surface area contributed by atoms with Crippen molar-refractivity contribution in [3.05, 3.63) is 0 Å². The van der Waals surface area contributed by atoms with Crippen molar-refractivity contribution in [3.8, 4) is 0 Å². The van der Waals surface area contributed by atoms with Gasteiger partial charge in [0.25, 0.3) is 0 Å². The number of rotatable bonds is 3. The first kappa shape index (κ1) is 10.9. The Labute approximate surface area is 96.4 Å². The van der Waals surface area contributed by atoms with Crippen LogP contribution in [0.4, 0.5) is 0 Å². The van der Waals surface area contributed by atoms with Gasteiger partial charge in [0.15, 0.2) is 0 Å². The molecule has 2 heteroatoms. The second kappa shape index (κ2) is 4.98. The summed E-state index contributed by atoms with van der Waals surface area (Å²) in [5, 5.41) is 0. The maximum Gasteiger partial charge on any atom is 0.0301 e. The maximum atomic E-state index is 3.84. The van der Waals surface area contributed by atoms with Crippen LogP contribution in [0.1, 0.15) is 44.9 Å². The van der Waals surface area contributed by atoms with E-state index in [1.807, 2.05) is 0 Å². The molecule has 0 aromatic carbocycles. The first-order valence-corrected chi connectivity index (χ1v) is 7.03. The summed E-state index contributed by atoms with van der Waals surface area (Å²) in [4.78, 5) is 3.36. The molecular formula is C12H22BrN. The fourth-order valence-electron chi connectivity index (χ4n) is 2.78. The molecular weight excluding hydrogens is 238 g/mol. The van der Waals surface area contributed by atoms with Gasteiger partial charge in [-0.3, -0.25) is 0 Å². The van der Waals surface area contributed by atoms with Crippen molar-refractivity contribution in [3.63, 3.8) is 0 Å². The summed E-state index contributed by atoms with van der Waals surface area (Å²) in [5.74, 6) is 1.02. The Balaban J connectivity index is 1.79. The van der Waals surface area contributed by atoms with Crippen LogP contribution in [0.3, 0.4) is 0 Å². The SMILES string of the molecule is CN(CC1CCC1)C1CCCCC1Br. The lowest BCUT2D eigenvalue weighted by atomic mass is 9.84. The van der Waals surface area contributed by atoms with E-state index >= 15 is 0 Å². The van der Waals surface area contributed by atoms with E-state index in [2.05, 4.69) is 27.9 Å². The number of alkyl halides is 1. The fourth-order valence-corrected chi connectivity index (χ4v) is 3.77. The van der Waals surface area contributed by atoms with Gasteiger partial charge in [0.1, 0.15) is 0 Å². The molecule has 0 radical (unpaired) electrons. The third-order valence-electron chi connectivity index (χ3n) is 3.98. The van der Waals surface area contributed by atoms with Crippen LogP contribution in [0.2, 0.25) is 0 Å². The molecule has 2 aliphatic rings. The maximum absolute atomic E-state index is 3.84. The number of hydrogen-bond donors (Lipinski definition) is 0. The minimum absolute atomic E-state index is 0.751. The smallest absolute Gasteiger partial charge is 0.0301 e. The molecule has 2 saturated carbocycles. The van der Waals surface area contributed by atoms with Crippen LogP contribution in [-0.4, -0.2) is 29.4 Å². The molecule has 0 aliphatic heterocycles. The van der Waals surface area contributed by atoms with E-state index in [1.54, 1.807) is 0 Å². The van der Waals surface area contributed by atoms with Crippen molar-refractivity contribution >= 4 is 15.9 Å². The van der Waals surface area contributed by atoms with E-state index in [4.69, 9.17) is 0 Å². The highest BCUT2D eigenvalue weighted by Gasteiger charge is 2.28. The van der Waals surface area contributed by atoms with Gasteiger partial charge >= 0.3 is 0 Å². The molecule has 2 aliphatic carbocycles. The van der Waals surface area contributed by atoms with Gasteiger partial charge in [-0.15, -0.1) is 0 Å². The van der Waals surface area contributed by atoms with Crippen LogP contribution in [0.5, 0.6) is 0 Å². The minimum Gasteiger partial charge on any atom is -0.302 e. The van der Waals surface area contributed by atoms with Gasteiger partial charge in [0, 0.05) is 17.4 Å². The lowest BCUT2D eigenvalue weighted by molar-refractivity contribution is 0.141. The summed E-state index contributed by atoms with van der Waals surface area (Å²) >= 11 is 3.84. The molecule has 0 amide bonds. The van der Waals surface area contributed by atoms with Crippen molar-refractivity contribution < 1.29 is 0 Å². The Morgan fingerprint density at radius 3 is 2.36 bits per heavy atom. The highest BCUT2D eigenvalue weighted by Crippen LogP contribution is 2.31. The molecule has 2 rings (SSSR count). The van der Waals surface area contributed by atoms with Crippen molar-refractivity contribution in [1.29, 1.82) is 0 Å². The van der Waals surface area contributed by atoms with Gasteiger partial charge < -0.3 is 4.90 Å². The Morgan fingerprint density at radius 1 is 1.07 bits per heavy atom. The second-order valence-electron chi connectivity index (χ2n) is 5.10.